The van der Waals surface area contributed by atoms with E-state index in [0.717, 1.165) is 6.29 Å². The highest BCUT2D eigenvalue weighted by molar-refractivity contribution is 5.74. The van der Waals surface area contributed by atoms with Crippen LogP contribution in [0.4, 0.5) is 0 Å². The van der Waals surface area contributed by atoms with Gasteiger partial charge in [-0.15, -0.1) is 0 Å². The van der Waals surface area contributed by atoms with Crippen molar-refractivity contribution in [3.63, 3.8) is 0 Å². The molecule has 72 valence electrons. The zero-order chi connectivity index (χ0) is 10.6. The van der Waals surface area contributed by atoms with Gasteiger partial charge in [-0.3, -0.25) is 4.79 Å². The molecule has 0 bridgehead atoms. The molecule has 0 spiro atoms. The molecule has 1 heterocycles. The van der Waals surface area contributed by atoms with Crippen LogP contribution in [0.5, 0.6) is 0 Å². The van der Waals surface area contributed by atoms with E-state index < -0.39 is 0 Å². The third-order valence-electron chi connectivity index (χ3n) is 1.49. The fourth-order valence-electron chi connectivity index (χ4n) is 0.800. The van der Waals surface area contributed by atoms with Crippen molar-refractivity contribution in [2.75, 3.05) is 0 Å². The van der Waals surface area contributed by atoms with Gasteiger partial charge < -0.3 is 0 Å². The number of carbonyl (C=O) groups is 1. The first-order valence-corrected chi connectivity index (χ1v) is 4.46. The molecule has 0 N–H and O–H groups in total. The monoisotopic (exact) mass is 187 g/mol. The van der Waals surface area contributed by atoms with Crippen LogP contribution in [-0.4, -0.2) is 11.3 Å². The topological polar surface area (TPSA) is 30.0 Å². The van der Waals surface area contributed by atoms with Gasteiger partial charge in [-0.25, -0.2) is 4.98 Å². The van der Waals surface area contributed by atoms with Crippen molar-refractivity contribution >= 4 is 6.29 Å². The average Bonchev–Trinajstić information content (AvgIpc) is 2.14. The number of hydrogen-bond acceptors (Lipinski definition) is 2. The smallest absolute Gasteiger partial charge is 0.151 e. The summed E-state index contributed by atoms with van der Waals surface area (Å²) in [4.78, 5) is 14.4. The minimum atomic E-state index is -0.0228. The molecule has 0 radical (unpaired) electrons. The Labute approximate surface area is 84.4 Å². The maximum atomic E-state index is 10.4. The molecule has 2 heteroatoms. The molecule has 0 unspecified atom stereocenters. The van der Waals surface area contributed by atoms with Crippen molar-refractivity contribution in [1.82, 2.24) is 4.98 Å². The SMILES string of the molecule is CC(C)(C)C#Cc1ccc(C=O)cn1. The summed E-state index contributed by atoms with van der Waals surface area (Å²) in [7, 11) is 0. The van der Waals surface area contributed by atoms with E-state index in [2.05, 4.69) is 16.8 Å². The Bertz CT molecular complexity index is 374. The van der Waals surface area contributed by atoms with Gasteiger partial charge >= 0.3 is 0 Å². The summed E-state index contributed by atoms with van der Waals surface area (Å²) < 4.78 is 0. The van der Waals surface area contributed by atoms with Crippen LogP contribution < -0.4 is 0 Å². The van der Waals surface area contributed by atoms with E-state index in [4.69, 9.17) is 0 Å². The molecule has 1 aromatic heterocycles. The molecule has 0 saturated heterocycles. The lowest BCUT2D eigenvalue weighted by molar-refractivity contribution is 0.112. The molecule has 0 fully saturated rings. The minimum absolute atomic E-state index is 0.0228. The Morgan fingerprint density at radius 2 is 2.07 bits per heavy atom. The van der Waals surface area contributed by atoms with Gasteiger partial charge in [-0.1, -0.05) is 5.92 Å². The molecule has 2 nitrogen and oxygen atoms in total. The molecule has 1 rings (SSSR count). The summed E-state index contributed by atoms with van der Waals surface area (Å²) in [6.45, 7) is 6.12. The van der Waals surface area contributed by atoms with Crippen LogP contribution in [0.25, 0.3) is 0 Å². The predicted octanol–water partition coefficient (Wildman–Crippen LogP) is 2.29. The standard InChI is InChI=1S/C12H13NO/c1-12(2,3)7-6-11-5-4-10(9-14)8-13-11/h4-5,8-9H,1-3H3. The number of aromatic nitrogens is 1. The Morgan fingerprint density at radius 1 is 1.36 bits per heavy atom. The molecule has 0 aromatic carbocycles. The number of carbonyl (C=O) groups excluding carboxylic acids is 1. The second-order valence-electron chi connectivity index (χ2n) is 4.09. The largest absolute Gasteiger partial charge is 0.298 e. The normalized spacial score (nSPS) is 10.2. The van der Waals surface area contributed by atoms with Gasteiger partial charge in [0.15, 0.2) is 6.29 Å². The first-order chi connectivity index (χ1) is 6.51. The van der Waals surface area contributed by atoms with E-state index in [1.165, 1.54) is 6.20 Å². The lowest BCUT2D eigenvalue weighted by Crippen LogP contribution is -1.99. The molecular weight excluding hydrogens is 174 g/mol. The van der Waals surface area contributed by atoms with E-state index >= 15 is 0 Å². The van der Waals surface area contributed by atoms with Crippen molar-refractivity contribution in [1.29, 1.82) is 0 Å². The summed E-state index contributed by atoms with van der Waals surface area (Å²) in [6, 6.07) is 3.47. The van der Waals surface area contributed by atoms with Crippen LogP contribution in [0.15, 0.2) is 18.3 Å². The fourth-order valence-corrected chi connectivity index (χ4v) is 0.800. The quantitative estimate of drug-likeness (QED) is 0.498. The Balaban J connectivity index is 2.87. The molecule has 0 amide bonds. The second-order valence-corrected chi connectivity index (χ2v) is 4.09. The Hall–Kier alpha value is -1.62. The highest BCUT2D eigenvalue weighted by atomic mass is 16.1. The Kier molecular flexibility index (Phi) is 3.03. The van der Waals surface area contributed by atoms with Crippen molar-refractivity contribution in [2.45, 2.75) is 20.8 Å². The number of pyridine rings is 1. The first-order valence-electron chi connectivity index (χ1n) is 4.46. The Morgan fingerprint density at radius 3 is 2.50 bits per heavy atom. The van der Waals surface area contributed by atoms with Crippen LogP contribution in [-0.2, 0) is 0 Å². The van der Waals surface area contributed by atoms with Crippen LogP contribution >= 0.6 is 0 Å². The lowest BCUT2D eigenvalue weighted by atomic mass is 9.98. The number of nitrogens with zero attached hydrogens (tertiary/aromatic N) is 1. The number of hydrogen-bond donors (Lipinski definition) is 0. The molecule has 0 aliphatic rings. The molecule has 0 aliphatic heterocycles. The van der Waals surface area contributed by atoms with Crippen molar-refractivity contribution < 1.29 is 4.79 Å². The van der Waals surface area contributed by atoms with Gasteiger partial charge in [-0.2, -0.15) is 0 Å². The minimum Gasteiger partial charge on any atom is -0.298 e. The van der Waals surface area contributed by atoms with Crippen molar-refractivity contribution in [3.05, 3.63) is 29.6 Å². The molecule has 0 saturated carbocycles. The second kappa shape index (κ2) is 4.06. The van der Waals surface area contributed by atoms with Gasteiger partial charge in [0, 0.05) is 17.2 Å². The maximum absolute atomic E-state index is 10.4. The van der Waals surface area contributed by atoms with Gasteiger partial charge in [-0.05, 0) is 38.8 Å². The highest BCUT2D eigenvalue weighted by Gasteiger charge is 2.03. The van der Waals surface area contributed by atoms with Gasteiger partial charge in [0.05, 0.1) is 0 Å². The van der Waals surface area contributed by atoms with E-state index in [1.807, 2.05) is 20.8 Å². The fraction of sp³-hybridized carbons (Fsp3) is 0.333. The first kappa shape index (κ1) is 10.5. The summed E-state index contributed by atoms with van der Waals surface area (Å²) in [6.07, 6.45) is 2.30. The maximum Gasteiger partial charge on any atom is 0.151 e. The zero-order valence-electron chi connectivity index (χ0n) is 8.66. The van der Waals surface area contributed by atoms with Crippen LogP contribution in [0.3, 0.4) is 0 Å². The molecule has 14 heavy (non-hydrogen) atoms. The van der Waals surface area contributed by atoms with Gasteiger partial charge in [0.25, 0.3) is 0 Å². The average molecular weight is 187 g/mol. The van der Waals surface area contributed by atoms with Crippen LogP contribution in [0, 0.1) is 17.3 Å². The van der Waals surface area contributed by atoms with E-state index in [9.17, 15) is 4.79 Å². The predicted molar refractivity (Wildman–Crippen MR) is 56.0 cm³/mol. The molecule has 0 aliphatic carbocycles. The molecular formula is C12H13NO. The molecule has 1 aromatic rings. The summed E-state index contributed by atoms with van der Waals surface area (Å²) in [5, 5.41) is 0. The van der Waals surface area contributed by atoms with Crippen LogP contribution in [0.2, 0.25) is 0 Å². The van der Waals surface area contributed by atoms with Crippen molar-refractivity contribution in [3.8, 4) is 11.8 Å². The third-order valence-corrected chi connectivity index (χ3v) is 1.49. The van der Waals surface area contributed by atoms with Crippen molar-refractivity contribution in [2.24, 2.45) is 5.41 Å². The number of rotatable bonds is 1. The highest BCUT2D eigenvalue weighted by Crippen LogP contribution is 2.10. The van der Waals surface area contributed by atoms with Gasteiger partial charge in [0.2, 0.25) is 0 Å². The summed E-state index contributed by atoms with van der Waals surface area (Å²) in [5.41, 5.74) is 1.25. The third kappa shape index (κ3) is 3.40. The van der Waals surface area contributed by atoms with E-state index in [1.54, 1.807) is 12.1 Å². The van der Waals surface area contributed by atoms with Gasteiger partial charge in [0.1, 0.15) is 5.69 Å². The van der Waals surface area contributed by atoms with Crippen LogP contribution in [0.1, 0.15) is 36.8 Å². The zero-order valence-corrected chi connectivity index (χ0v) is 8.66. The van der Waals surface area contributed by atoms with E-state index in [0.29, 0.717) is 11.3 Å². The number of aldehydes is 1. The summed E-state index contributed by atoms with van der Waals surface area (Å²) in [5.74, 6) is 6.03. The lowest BCUT2D eigenvalue weighted by Gasteiger charge is -2.06. The van der Waals surface area contributed by atoms with E-state index in [-0.39, 0.29) is 5.41 Å². The molecule has 0 atom stereocenters. The summed E-state index contributed by atoms with van der Waals surface area (Å²) >= 11 is 0.